The Kier molecular flexibility index (Phi) is 4.51. The van der Waals surface area contributed by atoms with E-state index in [9.17, 15) is 14.7 Å². The molecule has 0 aliphatic heterocycles. The number of methoxy groups -OCH3 is 1. The number of benzene rings is 1. The Morgan fingerprint density at radius 3 is 2.43 bits per heavy atom. The van der Waals surface area contributed by atoms with Crippen LogP contribution in [-0.2, 0) is 0 Å². The van der Waals surface area contributed by atoms with Crippen molar-refractivity contribution < 1.29 is 14.6 Å². The van der Waals surface area contributed by atoms with Crippen molar-refractivity contribution in [1.82, 2.24) is 0 Å². The Morgan fingerprint density at radius 2 is 1.76 bits per heavy atom. The van der Waals surface area contributed by atoms with Gasteiger partial charge in [0, 0.05) is 0 Å². The average Bonchev–Trinajstić information content (AvgIpc) is 2.68. The van der Waals surface area contributed by atoms with E-state index in [-0.39, 0.29) is 5.56 Å². The van der Waals surface area contributed by atoms with Crippen molar-refractivity contribution in [2.24, 2.45) is 0 Å². The van der Waals surface area contributed by atoms with Gasteiger partial charge in [-0.2, -0.15) is 0 Å². The van der Waals surface area contributed by atoms with E-state index in [1.165, 1.54) is 30.3 Å². The minimum atomic E-state index is -0.582. The zero-order valence-corrected chi connectivity index (χ0v) is 11.4. The lowest BCUT2D eigenvalue weighted by Crippen LogP contribution is -2.01. The van der Waals surface area contributed by atoms with E-state index in [0.29, 0.717) is 0 Å². The second-order valence-corrected chi connectivity index (χ2v) is 4.32. The molecule has 0 saturated heterocycles. The predicted octanol–water partition coefficient (Wildman–Crippen LogP) is 2.66. The number of carbonyl (C=O) groups excluding carboxylic acids is 1. The number of carbonyl (C=O) groups is 1. The molecule has 2 aromatic rings. The molecule has 2 aromatic carbocycles. The summed E-state index contributed by atoms with van der Waals surface area (Å²) < 4.78 is 5.04. The molecule has 0 unspecified atom stereocenters. The van der Waals surface area contributed by atoms with Crippen LogP contribution in [0.25, 0.3) is 6.08 Å². The molecular formula is C17H14O4. The lowest BCUT2D eigenvalue weighted by atomic mass is 10.1. The summed E-state index contributed by atoms with van der Waals surface area (Å²) in [5.74, 6) is -0.247. The first-order valence-electron chi connectivity index (χ1n) is 6.30. The summed E-state index contributed by atoms with van der Waals surface area (Å²) in [6, 6.07) is 12.8. The van der Waals surface area contributed by atoms with E-state index in [1.807, 2.05) is 0 Å². The zero-order chi connectivity index (χ0) is 15.2. The van der Waals surface area contributed by atoms with E-state index >= 15 is 0 Å². The van der Waals surface area contributed by atoms with Crippen molar-refractivity contribution in [3.05, 3.63) is 76.0 Å². The summed E-state index contributed by atoms with van der Waals surface area (Å²) in [4.78, 5) is 23.5. The summed E-state index contributed by atoms with van der Waals surface area (Å²) >= 11 is 0. The summed E-state index contributed by atoms with van der Waals surface area (Å²) in [5, 5.41) is 9.71. The fraction of sp³-hybridized carbons (Fsp3) is 0.0588. The molecule has 0 atom stereocenters. The number of rotatable bonds is 4. The SMILES string of the molecule is COc1ccc(/C=C\C(=O)c2ccccc(=O)c2O)cc1. The van der Waals surface area contributed by atoms with E-state index in [0.717, 1.165) is 11.3 Å². The van der Waals surface area contributed by atoms with Gasteiger partial charge in [0.15, 0.2) is 11.5 Å². The first-order chi connectivity index (χ1) is 10.1. The molecule has 0 spiro atoms. The number of ether oxygens (including phenoxy) is 1. The van der Waals surface area contributed by atoms with Gasteiger partial charge in [-0.05, 0) is 35.9 Å². The molecule has 4 heteroatoms. The molecular weight excluding hydrogens is 268 g/mol. The van der Waals surface area contributed by atoms with E-state index < -0.39 is 17.0 Å². The van der Waals surface area contributed by atoms with Crippen LogP contribution in [0.5, 0.6) is 11.5 Å². The van der Waals surface area contributed by atoms with Crippen molar-refractivity contribution in [2.75, 3.05) is 7.11 Å². The highest BCUT2D eigenvalue weighted by Gasteiger charge is 2.09. The van der Waals surface area contributed by atoms with Crippen LogP contribution in [0.15, 0.2) is 59.4 Å². The van der Waals surface area contributed by atoms with Gasteiger partial charge < -0.3 is 9.84 Å². The van der Waals surface area contributed by atoms with Crippen molar-refractivity contribution >= 4 is 11.9 Å². The van der Waals surface area contributed by atoms with Crippen molar-refractivity contribution in [2.45, 2.75) is 0 Å². The van der Waals surface area contributed by atoms with E-state index in [2.05, 4.69) is 0 Å². The Bertz CT molecular complexity index is 730. The molecule has 0 fully saturated rings. The predicted molar refractivity (Wildman–Crippen MR) is 80.7 cm³/mol. The smallest absolute Gasteiger partial charge is 0.220 e. The van der Waals surface area contributed by atoms with Crippen LogP contribution in [0.2, 0.25) is 0 Å². The number of aromatic hydroxyl groups is 1. The molecule has 2 rings (SSSR count). The van der Waals surface area contributed by atoms with Crippen LogP contribution in [-0.4, -0.2) is 18.0 Å². The van der Waals surface area contributed by atoms with Gasteiger partial charge in [0.25, 0.3) is 0 Å². The third kappa shape index (κ3) is 3.57. The molecule has 0 aromatic heterocycles. The quantitative estimate of drug-likeness (QED) is 0.691. The lowest BCUT2D eigenvalue weighted by molar-refractivity contribution is 0.104. The van der Waals surface area contributed by atoms with Crippen LogP contribution in [0.3, 0.4) is 0 Å². The van der Waals surface area contributed by atoms with Crippen LogP contribution < -0.4 is 10.2 Å². The summed E-state index contributed by atoms with van der Waals surface area (Å²) in [6.07, 6.45) is 2.93. The topological polar surface area (TPSA) is 63.6 Å². The van der Waals surface area contributed by atoms with Crippen molar-refractivity contribution in [3.8, 4) is 11.5 Å². The highest BCUT2D eigenvalue weighted by Crippen LogP contribution is 2.14. The van der Waals surface area contributed by atoms with Crippen molar-refractivity contribution in [3.63, 3.8) is 0 Å². The molecule has 106 valence electrons. The van der Waals surface area contributed by atoms with Gasteiger partial charge in [-0.25, -0.2) is 0 Å². The summed E-state index contributed by atoms with van der Waals surface area (Å²) in [6.45, 7) is 0. The highest BCUT2D eigenvalue weighted by molar-refractivity contribution is 6.08. The molecule has 1 N–H and O–H groups in total. The van der Waals surface area contributed by atoms with E-state index in [4.69, 9.17) is 4.74 Å². The summed E-state index contributed by atoms with van der Waals surface area (Å²) in [5.41, 5.74) is 0.210. The number of allylic oxidation sites excluding steroid dienone is 1. The normalized spacial score (nSPS) is 10.5. The van der Waals surface area contributed by atoms with Crippen LogP contribution in [0, 0.1) is 0 Å². The Balaban J connectivity index is 2.25. The van der Waals surface area contributed by atoms with Gasteiger partial charge in [-0.1, -0.05) is 30.3 Å². The zero-order valence-electron chi connectivity index (χ0n) is 11.4. The minimum absolute atomic E-state index is 0.0187. The molecule has 21 heavy (non-hydrogen) atoms. The molecule has 4 nitrogen and oxygen atoms in total. The standard InChI is InChI=1S/C17H14O4/c1-21-13-9-6-12(7-10-13)8-11-15(18)14-4-2-3-5-16(19)17(14)20/h2-11H,1H3,(H,19,20)/b11-8-. The third-order valence-electron chi connectivity index (χ3n) is 2.92. The maximum absolute atomic E-state index is 12.0. The maximum Gasteiger partial charge on any atom is 0.220 e. The molecule has 0 saturated carbocycles. The highest BCUT2D eigenvalue weighted by atomic mass is 16.5. The van der Waals surface area contributed by atoms with Crippen molar-refractivity contribution in [1.29, 1.82) is 0 Å². The number of ketones is 1. The second-order valence-electron chi connectivity index (χ2n) is 4.32. The second kappa shape index (κ2) is 6.52. The van der Waals surface area contributed by atoms with Gasteiger partial charge in [-0.15, -0.1) is 0 Å². The van der Waals surface area contributed by atoms with Gasteiger partial charge in [0.2, 0.25) is 5.43 Å². The third-order valence-corrected chi connectivity index (χ3v) is 2.92. The van der Waals surface area contributed by atoms with Gasteiger partial charge >= 0.3 is 0 Å². The molecule has 0 amide bonds. The van der Waals surface area contributed by atoms with Crippen LogP contribution in [0.4, 0.5) is 0 Å². The molecule has 0 radical (unpaired) electrons. The minimum Gasteiger partial charge on any atom is -0.504 e. The van der Waals surface area contributed by atoms with Crippen LogP contribution >= 0.6 is 0 Å². The molecule has 0 aliphatic rings. The number of hydrogen-bond acceptors (Lipinski definition) is 4. The molecule has 0 heterocycles. The Hall–Kier alpha value is -2.88. The average molecular weight is 282 g/mol. The van der Waals surface area contributed by atoms with Gasteiger partial charge in [-0.3, -0.25) is 9.59 Å². The first-order valence-corrected chi connectivity index (χ1v) is 6.30. The fourth-order valence-corrected chi connectivity index (χ4v) is 1.76. The maximum atomic E-state index is 12.0. The first kappa shape index (κ1) is 14.5. The lowest BCUT2D eigenvalue weighted by Gasteiger charge is -1.99. The largest absolute Gasteiger partial charge is 0.504 e. The summed E-state index contributed by atoms with van der Waals surface area (Å²) in [7, 11) is 1.58. The van der Waals surface area contributed by atoms with E-state index in [1.54, 1.807) is 37.5 Å². The fourth-order valence-electron chi connectivity index (χ4n) is 1.76. The van der Waals surface area contributed by atoms with Gasteiger partial charge in [0.1, 0.15) is 5.75 Å². The monoisotopic (exact) mass is 282 g/mol. The number of hydrogen-bond donors (Lipinski definition) is 1. The van der Waals surface area contributed by atoms with Gasteiger partial charge in [0.05, 0.1) is 12.7 Å². The van der Waals surface area contributed by atoms with Crippen LogP contribution in [0.1, 0.15) is 15.9 Å². The Morgan fingerprint density at radius 1 is 1.10 bits per heavy atom. The Labute approximate surface area is 121 Å². The molecule has 0 aliphatic carbocycles. The molecule has 0 bridgehead atoms.